The molecular weight excluding hydrogens is 396 g/mol. The molecule has 2 aromatic rings. The molecule has 0 radical (unpaired) electrons. The van der Waals surface area contributed by atoms with Gasteiger partial charge in [0.05, 0.1) is 14.2 Å². The molecule has 30 heavy (non-hydrogen) atoms. The first-order chi connectivity index (χ1) is 14.4. The lowest BCUT2D eigenvalue weighted by Gasteiger charge is -2.16. The van der Waals surface area contributed by atoms with E-state index in [9.17, 15) is 13.6 Å². The number of esters is 1. The van der Waals surface area contributed by atoms with Gasteiger partial charge in [-0.2, -0.15) is 8.78 Å². The van der Waals surface area contributed by atoms with Gasteiger partial charge in [-0.25, -0.2) is 4.79 Å². The van der Waals surface area contributed by atoms with Crippen LogP contribution < -0.4 is 20.1 Å². The molecule has 0 fully saturated rings. The number of benzene rings is 2. The minimum Gasteiger partial charge on any atom is -0.496 e. The number of nitrogens with zero attached hydrogens (tertiary/aromatic N) is 1. The number of carbonyl (C=O) groups excluding carboxylic acids is 1. The number of hydrogen-bond donors (Lipinski definition) is 2. The zero-order chi connectivity index (χ0) is 22.1. The molecule has 0 saturated carbocycles. The topological polar surface area (TPSA) is 81.2 Å². The zero-order valence-corrected chi connectivity index (χ0v) is 17.3. The standard InChI is InChI=1S/C21H25F2N3O4/c1-13-5-7-17(30-20(22)23)15(9-13)12-26-21(24-2)25-11-14-6-8-18(28-3)16(10-14)19(27)29-4/h5-10,20H,11-12H2,1-4H3,(H2,24,25,26). The van der Waals surface area contributed by atoms with E-state index in [4.69, 9.17) is 9.47 Å². The molecule has 7 nitrogen and oxygen atoms in total. The van der Waals surface area contributed by atoms with Crippen LogP contribution in [0.25, 0.3) is 0 Å². The summed E-state index contributed by atoms with van der Waals surface area (Å²) in [6, 6.07) is 10.1. The van der Waals surface area contributed by atoms with Crippen molar-refractivity contribution in [1.82, 2.24) is 10.6 Å². The zero-order valence-electron chi connectivity index (χ0n) is 17.3. The second kappa shape index (κ2) is 11.0. The molecule has 2 rings (SSSR count). The molecule has 0 aliphatic rings. The summed E-state index contributed by atoms with van der Waals surface area (Å²) in [5.74, 6) is 0.479. The minimum atomic E-state index is -2.90. The fourth-order valence-electron chi connectivity index (χ4n) is 2.78. The number of aliphatic imine (C=N–C) groups is 1. The number of methoxy groups -OCH3 is 2. The average molecular weight is 421 g/mol. The van der Waals surface area contributed by atoms with E-state index in [0.717, 1.165) is 11.1 Å². The van der Waals surface area contributed by atoms with Gasteiger partial charge >= 0.3 is 12.6 Å². The van der Waals surface area contributed by atoms with Crippen LogP contribution in [0.5, 0.6) is 11.5 Å². The first kappa shape index (κ1) is 22.9. The smallest absolute Gasteiger partial charge is 0.387 e. The fraction of sp³-hybridized carbons (Fsp3) is 0.333. The number of alkyl halides is 2. The highest BCUT2D eigenvalue weighted by molar-refractivity contribution is 5.92. The summed E-state index contributed by atoms with van der Waals surface area (Å²) in [7, 11) is 4.37. The lowest BCUT2D eigenvalue weighted by atomic mass is 10.1. The summed E-state index contributed by atoms with van der Waals surface area (Å²) >= 11 is 0. The molecule has 0 heterocycles. The molecule has 0 aliphatic carbocycles. The highest BCUT2D eigenvalue weighted by Crippen LogP contribution is 2.22. The Balaban J connectivity index is 2.04. The van der Waals surface area contributed by atoms with Gasteiger partial charge < -0.3 is 24.8 Å². The van der Waals surface area contributed by atoms with Crippen LogP contribution in [0, 0.1) is 6.92 Å². The summed E-state index contributed by atoms with van der Waals surface area (Å²) in [4.78, 5) is 16.0. The van der Waals surface area contributed by atoms with E-state index in [1.165, 1.54) is 20.3 Å². The Morgan fingerprint density at radius 3 is 2.40 bits per heavy atom. The third kappa shape index (κ3) is 6.33. The van der Waals surface area contributed by atoms with Crippen molar-refractivity contribution in [1.29, 1.82) is 0 Å². The second-order valence-electron chi connectivity index (χ2n) is 6.30. The average Bonchev–Trinajstić information content (AvgIpc) is 2.74. The first-order valence-electron chi connectivity index (χ1n) is 9.12. The monoisotopic (exact) mass is 421 g/mol. The van der Waals surface area contributed by atoms with Crippen molar-refractivity contribution in [2.75, 3.05) is 21.3 Å². The molecule has 0 aromatic heterocycles. The Morgan fingerprint density at radius 1 is 1.07 bits per heavy atom. The molecule has 9 heteroatoms. The van der Waals surface area contributed by atoms with Crippen LogP contribution in [0.3, 0.4) is 0 Å². The number of halogens is 2. The Bertz CT molecular complexity index is 904. The molecule has 162 valence electrons. The van der Waals surface area contributed by atoms with Crippen molar-refractivity contribution in [3.8, 4) is 11.5 Å². The van der Waals surface area contributed by atoms with Crippen LogP contribution in [0.2, 0.25) is 0 Å². The maximum atomic E-state index is 12.6. The Kier molecular flexibility index (Phi) is 8.40. The van der Waals surface area contributed by atoms with Crippen molar-refractivity contribution in [3.05, 3.63) is 58.7 Å². The van der Waals surface area contributed by atoms with E-state index >= 15 is 0 Å². The third-order valence-corrected chi connectivity index (χ3v) is 4.23. The predicted octanol–water partition coefficient (Wildman–Crippen LogP) is 3.26. The van der Waals surface area contributed by atoms with Crippen LogP contribution in [0.15, 0.2) is 41.4 Å². The Labute approximate surface area is 174 Å². The first-order valence-corrected chi connectivity index (χ1v) is 9.12. The van der Waals surface area contributed by atoms with Crippen LogP contribution in [-0.4, -0.2) is 39.8 Å². The summed E-state index contributed by atoms with van der Waals surface area (Å²) < 4.78 is 39.8. The van der Waals surface area contributed by atoms with Gasteiger partial charge in [0.2, 0.25) is 0 Å². The largest absolute Gasteiger partial charge is 0.496 e. The van der Waals surface area contributed by atoms with E-state index in [1.807, 2.05) is 6.92 Å². The van der Waals surface area contributed by atoms with Gasteiger partial charge in [0.25, 0.3) is 0 Å². The lowest BCUT2D eigenvalue weighted by molar-refractivity contribution is -0.0504. The van der Waals surface area contributed by atoms with Gasteiger partial charge in [-0.3, -0.25) is 4.99 Å². The number of hydrogen-bond acceptors (Lipinski definition) is 5. The maximum absolute atomic E-state index is 12.6. The SMILES string of the molecule is CN=C(NCc1ccc(OC)c(C(=O)OC)c1)NCc1cc(C)ccc1OC(F)F. The summed E-state index contributed by atoms with van der Waals surface area (Å²) in [6.07, 6.45) is 0. The van der Waals surface area contributed by atoms with Gasteiger partial charge in [0, 0.05) is 25.7 Å². The van der Waals surface area contributed by atoms with Gasteiger partial charge in [-0.1, -0.05) is 23.8 Å². The molecule has 2 aromatic carbocycles. The fourth-order valence-corrected chi connectivity index (χ4v) is 2.78. The number of ether oxygens (including phenoxy) is 3. The van der Waals surface area contributed by atoms with Gasteiger partial charge in [0.1, 0.15) is 17.1 Å². The van der Waals surface area contributed by atoms with Crippen molar-refractivity contribution in [2.45, 2.75) is 26.6 Å². The van der Waals surface area contributed by atoms with Crippen LogP contribution in [-0.2, 0) is 17.8 Å². The summed E-state index contributed by atoms with van der Waals surface area (Å²) in [5.41, 5.74) is 2.62. The molecule has 2 N–H and O–H groups in total. The highest BCUT2D eigenvalue weighted by Gasteiger charge is 2.14. The number of rotatable bonds is 8. The molecule has 0 unspecified atom stereocenters. The van der Waals surface area contributed by atoms with Crippen molar-refractivity contribution < 1.29 is 27.8 Å². The molecule has 0 amide bonds. The van der Waals surface area contributed by atoms with Crippen molar-refractivity contribution in [3.63, 3.8) is 0 Å². The normalized spacial score (nSPS) is 11.2. The Hall–Kier alpha value is -3.36. The van der Waals surface area contributed by atoms with E-state index in [0.29, 0.717) is 29.4 Å². The van der Waals surface area contributed by atoms with Crippen LogP contribution >= 0.6 is 0 Å². The van der Waals surface area contributed by atoms with Gasteiger partial charge in [-0.05, 0) is 30.7 Å². The molecule has 0 bridgehead atoms. The second-order valence-corrected chi connectivity index (χ2v) is 6.30. The van der Waals surface area contributed by atoms with E-state index < -0.39 is 12.6 Å². The molecule has 0 aliphatic heterocycles. The number of guanidine groups is 1. The number of aryl methyl sites for hydroxylation is 1. The van der Waals surface area contributed by atoms with E-state index in [1.54, 1.807) is 37.4 Å². The molecule has 0 atom stereocenters. The Morgan fingerprint density at radius 2 is 1.77 bits per heavy atom. The van der Waals surface area contributed by atoms with Crippen molar-refractivity contribution >= 4 is 11.9 Å². The summed E-state index contributed by atoms with van der Waals surface area (Å²) in [6.45, 7) is -0.435. The number of carbonyl (C=O) groups is 1. The minimum absolute atomic E-state index is 0.108. The molecular formula is C21H25F2N3O4. The van der Waals surface area contributed by atoms with Crippen LogP contribution in [0.1, 0.15) is 27.0 Å². The van der Waals surface area contributed by atoms with E-state index in [-0.39, 0.29) is 12.3 Å². The molecule has 0 spiro atoms. The number of nitrogens with one attached hydrogen (secondary N) is 2. The highest BCUT2D eigenvalue weighted by atomic mass is 19.3. The van der Waals surface area contributed by atoms with Crippen LogP contribution in [0.4, 0.5) is 8.78 Å². The van der Waals surface area contributed by atoms with Gasteiger partial charge in [0.15, 0.2) is 5.96 Å². The predicted molar refractivity (Wildman–Crippen MR) is 109 cm³/mol. The third-order valence-electron chi connectivity index (χ3n) is 4.23. The van der Waals surface area contributed by atoms with Crippen molar-refractivity contribution in [2.24, 2.45) is 4.99 Å². The maximum Gasteiger partial charge on any atom is 0.387 e. The quantitative estimate of drug-likeness (QED) is 0.387. The summed E-state index contributed by atoms with van der Waals surface area (Å²) in [5, 5.41) is 6.18. The molecule has 0 saturated heterocycles. The van der Waals surface area contributed by atoms with Gasteiger partial charge in [-0.15, -0.1) is 0 Å². The lowest BCUT2D eigenvalue weighted by Crippen LogP contribution is -2.36. The van der Waals surface area contributed by atoms with E-state index in [2.05, 4.69) is 20.4 Å².